The lowest BCUT2D eigenvalue weighted by Gasteiger charge is -2.06. The smallest absolute Gasteiger partial charge is 0.388 e. The standard InChI is InChI=1S/C12H7ClF2N4O/c13-7-1-2-10(19-9(7)3-4-18-19)8-5-17-11(6-16-8)20-12(14)15/h1-6,12H. The van der Waals surface area contributed by atoms with Crippen LogP contribution in [-0.4, -0.2) is 26.2 Å². The average molecular weight is 297 g/mol. The fourth-order valence-corrected chi connectivity index (χ4v) is 1.98. The van der Waals surface area contributed by atoms with Gasteiger partial charge < -0.3 is 4.74 Å². The van der Waals surface area contributed by atoms with Crippen LogP contribution < -0.4 is 4.74 Å². The number of hydrogen-bond donors (Lipinski definition) is 0. The van der Waals surface area contributed by atoms with Gasteiger partial charge in [0.25, 0.3) is 0 Å². The maximum atomic E-state index is 12.0. The summed E-state index contributed by atoms with van der Waals surface area (Å²) in [5.74, 6) is -0.241. The molecule has 3 rings (SSSR count). The van der Waals surface area contributed by atoms with E-state index in [4.69, 9.17) is 11.6 Å². The van der Waals surface area contributed by atoms with E-state index in [1.165, 1.54) is 6.20 Å². The first-order chi connectivity index (χ1) is 9.65. The largest absolute Gasteiger partial charge is 0.415 e. The summed E-state index contributed by atoms with van der Waals surface area (Å²) in [6, 6.07) is 5.19. The van der Waals surface area contributed by atoms with Gasteiger partial charge in [-0.25, -0.2) is 14.5 Å². The second-order valence-electron chi connectivity index (χ2n) is 3.81. The molecule has 0 N–H and O–H groups in total. The Morgan fingerprint density at radius 1 is 1.15 bits per heavy atom. The highest BCUT2D eigenvalue weighted by atomic mass is 35.5. The van der Waals surface area contributed by atoms with Crippen LogP contribution in [0.3, 0.4) is 0 Å². The van der Waals surface area contributed by atoms with Crippen LogP contribution >= 0.6 is 11.6 Å². The summed E-state index contributed by atoms with van der Waals surface area (Å²) in [6.07, 6.45) is 4.07. The minimum Gasteiger partial charge on any atom is -0.415 e. The summed E-state index contributed by atoms with van der Waals surface area (Å²) in [4.78, 5) is 7.81. The highest BCUT2D eigenvalue weighted by Crippen LogP contribution is 2.24. The molecule has 0 aliphatic rings. The molecule has 0 aromatic carbocycles. The Kier molecular flexibility index (Phi) is 3.19. The Morgan fingerprint density at radius 3 is 2.70 bits per heavy atom. The first-order valence-electron chi connectivity index (χ1n) is 5.54. The van der Waals surface area contributed by atoms with Crippen LogP contribution in [0.15, 0.2) is 36.8 Å². The molecular weight excluding hydrogens is 290 g/mol. The molecule has 3 aromatic rings. The van der Waals surface area contributed by atoms with Crippen molar-refractivity contribution < 1.29 is 13.5 Å². The molecule has 0 saturated heterocycles. The molecule has 8 heteroatoms. The molecule has 3 aromatic heterocycles. The maximum Gasteiger partial charge on any atom is 0.388 e. The van der Waals surface area contributed by atoms with Gasteiger partial charge in [0.15, 0.2) is 0 Å². The zero-order chi connectivity index (χ0) is 14.1. The van der Waals surface area contributed by atoms with Crippen LogP contribution in [0.4, 0.5) is 8.78 Å². The van der Waals surface area contributed by atoms with Gasteiger partial charge >= 0.3 is 6.61 Å². The summed E-state index contributed by atoms with van der Waals surface area (Å²) < 4.78 is 29.8. The Balaban J connectivity index is 2.03. The van der Waals surface area contributed by atoms with Crippen molar-refractivity contribution in [2.24, 2.45) is 0 Å². The third-order valence-corrected chi connectivity index (χ3v) is 2.92. The molecule has 0 aliphatic carbocycles. The van der Waals surface area contributed by atoms with E-state index in [2.05, 4.69) is 19.8 Å². The molecule has 0 atom stereocenters. The van der Waals surface area contributed by atoms with Gasteiger partial charge in [0.05, 0.1) is 34.8 Å². The number of rotatable bonds is 3. The van der Waals surface area contributed by atoms with E-state index in [9.17, 15) is 8.78 Å². The van der Waals surface area contributed by atoms with Crippen LogP contribution in [0.25, 0.3) is 16.9 Å². The van der Waals surface area contributed by atoms with E-state index < -0.39 is 6.61 Å². The Hall–Kier alpha value is -2.28. The maximum absolute atomic E-state index is 12.0. The molecule has 20 heavy (non-hydrogen) atoms. The molecule has 3 heterocycles. The first-order valence-corrected chi connectivity index (χ1v) is 5.92. The van der Waals surface area contributed by atoms with E-state index in [1.54, 1.807) is 28.9 Å². The molecule has 0 amide bonds. The number of pyridine rings is 1. The van der Waals surface area contributed by atoms with Crippen molar-refractivity contribution in [3.63, 3.8) is 0 Å². The van der Waals surface area contributed by atoms with Gasteiger partial charge in [-0.15, -0.1) is 0 Å². The van der Waals surface area contributed by atoms with Crippen LogP contribution in [0.2, 0.25) is 5.02 Å². The van der Waals surface area contributed by atoms with Crippen molar-refractivity contribution in [3.8, 4) is 17.3 Å². The van der Waals surface area contributed by atoms with E-state index >= 15 is 0 Å². The molecule has 0 fully saturated rings. The Bertz CT molecular complexity index is 745. The predicted octanol–water partition coefficient (Wildman–Crippen LogP) is 3.05. The monoisotopic (exact) mass is 296 g/mol. The molecule has 0 saturated carbocycles. The van der Waals surface area contributed by atoms with Gasteiger partial charge in [-0.05, 0) is 18.2 Å². The zero-order valence-corrected chi connectivity index (χ0v) is 10.6. The van der Waals surface area contributed by atoms with Crippen LogP contribution in [0, 0.1) is 0 Å². The average Bonchev–Trinajstić information content (AvgIpc) is 2.90. The number of fused-ring (bicyclic) bond motifs is 1. The lowest BCUT2D eigenvalue weighted by atomic mass is 10.2. The number of alkyl halides is 2. The second kappa shape index (κ2) is 5.01. The first kappa shape index (κ1) is 12.7. The van der Waals surface area contributed by atoms with Crippen LogP contribution in [0.1, 0.15) is 0 Å². The molecule has 102 valence electrons. The summed E-state index contributed by atoms with van der Waals surface area (Å²) in [5.41, 5.74) is 1.83. The Morgan fingerprint density at radius 2 is 2.00 bits per heavy atom. The van der Waals surface area contributed by atoms with Gasteiger partial charge in [-0.2, -0.15) is 13.9 Å². The lowest BCUT2D eigenvalue weighted by Crippen LogP contribution is -2.04. The van der Waals surface area contributed by atoms with Crippen molar-refractivity contribution in [2.45, 2.75) is 6.61 Å². The van der Waals surface area contributed by atoms with Crippen molar-refractivity contribution in [3.05, 3.63) is 41.8 Å². The van der Waals surface area contributed by atoms with Gasteiger partial charge in [0.1, 0.15) is 5.69 Å². The highest BCUT2D eigenvalue weighted by molar-refractivity contribution is 6.33. The second-order valence-corrected chi connectivity index (χ2v) is 4.22. The number of nitrogens with zero attached hydrogens (tertiary/aromatic N) is 4. The minimum atomic E-state index is -2.93. The summed E-state index contributed by atoms with van der Waals surface area (Å²) in [7, 11) is 0. The highest BCUT2D eigenvalue weighted by Gasteiger charge is 2.10. The Labute approximate surface area is 116 Å². The lowest BCUT2D eigenvalue weighted by molar-refractivity contribution is -0.0530. The van der Waals surface area contributed by atoms with E-state index in [1.807, 2.05) is 0 Å². The molecule has 0 spiro atoms. The topological polar surface area (TPSA) is 52.3 Å². The summed E-state index contributed by atoms with van der Waals surface area (Å²) in [5, 5.41) is 4.69. The summed E-state index contributed by atoms with van der Waals surface area (Å²) in [6.45, 7) is -2.93. The number of ether oxygens (including phenoxy) is 1. The summed E-state index contributed by atoms with van der Waals surface area (Å²) >= 11 is 6.04. The molecule has 5 nitrogen and oxygen atoms in total. The van der Waals surface area contributed by atoms with Crippen molar-refractivity contribution in [1.29, 1.82) is 0 Å². The SMILES string of the molecule is FC(F)Oc1cnc(-c2ccc(Cl)c3ccnn23)cn1. The van der Waals surface area contributed by atoms with Crippen LogP contribution in [-0.2, 0) is 0 Å². The number of hydrogen-bond acceptors (Lipinski definition) is 4. The minimum absolute atomic E-state index is 0.241. The fraction of sp³-hybridized carbons (Fsp3) is 0.0833. The van der Waals surface area contributed by atoms with E-state index in [-0.39, 0.29) is 5.88 Å². The number of halogens is 3. The normalized spacial score (nSPS) is 11.2. The molecule has 0 bridgehead atoms. The molecule has 0 radical (unpaired) electrons. The third kappa shape index (κ3) is 2.27. The quantitative estimate of drug-likeness (QED) is 0.745. The fourth-order valence-electron chi connectivity index (χ4n) is 1.78. The van der Waals surface area contributed by atoms with Gasteiger partial charge in [-0.3, -0.25) is 0 Å². The van der Waals surface area contributed by atoms with E-state index in [0.717, 1.165) is 11.7 Å². The van der Waals surface area contributed by atoms with Crippen molar-refractivity contribution in [1.82, 2.24) is 19.6 Å². The van der Waals surface area contributed by atoms with Gasteiger partial charge in [-0.1, -0.05) is 11.6 Å². The predicted molar refractivity (Wildman–Crippen MR) is 67.9 cm³/mol. The molecule has 0 unspecified atom stereocenters. The van der Waals surface area contributed by atoms with E-state index in [0.29, 0.717) is 16.4 Å². The molecule has 0 aliphatic heterocycles. The number of aromatic nitrogens is 4. The van der Waals surface area contributed by atoms with Crippen molar-refractivity contribution >= 4 is 17.1 Å². The zero-order valence-electron chi connectivity index (χ0n) is 9.87. The van der Waals surface area contributed by atoms with Crippen molar-refractivity contribution in [2.75, 3.05) is 0 Å². The third-order valence-electron chi connectivity index (χ3n) is 2.60. The van der Waals surface area contributed by atoms with Crippen LogP contribution in [0.5, 0.6) is 5.88 Å². The van der Waals surface area contributed by atoms with Gasteiger partial charge in [0, 0.05) is 0 Å². The molecular formula is C12H7ClF2N4O. The van der Waals surface area contributed by atoms with Gasteiger partial charge in [0.2, 0.25) is 5.88 Å².